The van der Waals surface area contributed by atoms with Gasteiger partial charge >= 0.3 is 6.16 Å². The quantitative estimate of drug-likeness (QED) is 0.115. The summed E-state index contributed by atoms with van der Waals surface area (Å²) in [7, 11) is 0. The molecule has 0 aromatic heterocycles. The average Bonchev–Trinajstić information content (AvgIpc) is 2.91. The molecule has 0 atom stereocenters. The minimum absolute atomic E-state index is 0.0219. The van der Waals surface area contributed by atoms with E-state index >= 15 is 0 Å². The Balaban J connectivity index is 1.87. The molecule has 1 saturated heterocycles. The fraction of sp³-hybridized carbons (Fsp3) is 0.769. The molecule has 0 radical (unpaired) electrons. The van der Waals surface area contributed by atoms with Crippen molar-refractivity contribution < 1.29 is 38.2 Å². The number of azide groups is 1. The van der Waals surface area contributed by atoms with E-state index in [0.29, 0.717) is 38.1 Å². The van der Waals surface area contributed by atoms with Crippen LogP contribution in [0.3, 0.4) is 0 Å². The normalized spacial score (nSPS) is 13.7. The molecule has 12 heteroatoms. The molecule has 0 saturated carbocycles. The van der Waals surface area contributed by atoms with Gasteiger partial charge in [-0.3, -0.25) is 14.4 Å². The van der Waals surface area contributed by atoms with Gasteiger partial charge in [-0.05, 0) is 5.53 Å². The lowest BCUT2D eigenvalue weighted by Gasteiger charge is -2.12. The molecule has 0 unspecified atom stereocenters. The zero-order chi connectivity index (χ0) is 18.3. The Kier molecular flexibility index (Phi) is 10.7. The summed E-state index contributed by atoms with van der Waals surface area (Å²) in [5, 5.41) is 3.72. The highest BCUT2D eigenvalue weighted by atomic mass is 16.8. The van der Waals surface area contributed by atoms with E-state index in [1.807, 2.05) is 0 Å². The van der Waals surface area contributed by atoms with Crippen LogP contribution >= 0.6 is 0 Å². The molecular weight excluding hydrogens is 340 g/mol. The van der Waals surface area contributed by atoms with Crippen LogP contribution in [0.5, 0.6) is 0 Å². The second-order valence-corrected chi connectivity index (χ2v) is 4.56. The monoisotopic (exact) mass is 360 g/mol. The summed E-state index contributed by atoms with van der Waals surface area (Å²) in [5.41, 5.74) is 8.04. The highest BCUT2D eigenvalue weighted by Crippen LogP contribution is 2.12. The average molecular weight is 360 g/mol. The molecule has 1 fully saturated rings. The first-order valence-electron chi connectivity index (χ1n) is 7.59. The Hall–Kier alpha value is -2.40. The van der Waals surface area contributed by atoms with Crippen molar-refractivity contribution in [2.24, 2.45) is 5.11 Å². The molecule has 2 amide bonds. The predicted octanol–water partition coefficient (Wildman–Crippen LogP) is 0.564. The Bertz CT molecular complexity index is 478. The summed E-state index contributed by atoms with van der Waals surface area (Å²) in [6.07, 6.45) is -1.09. The number of carbonyl (C=O) groups excluding carboxylic acids is 3. The molecule has 1 heterocycles. The molecule has 1 aliphatic rings. The summed E-state index contributed by atoms with van der Waals surface area (Å²) in [4.78, 5) is 40.8. The third-order valence-corrected chi connectivity index (χ3v) is 2.76. The molecule has 25 heavy (non-hydrogen) atoms. The highest BCUT2D eigenvalue weighted by Gasteiger charge is 2.33. The molecule has 0 spiro atoms. The van der Waals surface area contributed by atoms with Gasteiger partial charge in [-0.25, -0.2) is 4.79 Å². The van der Waals surface area contributed by atoms with Crippen molar-refractivity contribution in [1.29, 1.82) is 0 Å². The van der Waals surface area contributed by atoms with Gasteiger partial charge in [0, 0.05) is 24.3 Å². The summed E-state index contributed by atoms with van der Waals surface area (Å²) in [5.74, 6) is -1.14. The maximum absolute atomic E-state index is 11.3. The van der Waals surface area contributed by atoms with Crippen molar-refractivity contribution in [1.82, 2.24) is 5.06 Å². The van der Waals surface area contributed by atoms with Crippen LogP contribution in [-0.2, 0) is 33.4 Å². The summed E-state index contributed by atoms with van der Waals surface area (Å²) >= 11 is 0. The first-order valence-corrected chi connectivity index (χ1v) is 7.59. The van der Waals surface area contributed by atoms with Crippen molar-refractivity contribution in [3.8, 4) is 0 Å². The standard InChI is InChI=1S/C13H20N4O8/c14-16-15-3-4-21-5-6-22-7-8-23-9-10-24-13(20)25-17-11(18)1-2-12(17)19/h1-10H2. The summed E-state index contributed by atoms with van der Waals surface area (Å²) in [6, 6.07) is 0. The smallest absolute Gasteiger partial charge is 0.430 e. The highest BCUT2D eigenvalue weighted by molar-refractivity contribution is 6.01. The van der Waals surface area contributed by atoms with Crippen LogP contribution in [0.4, 0.5) is 4.79 Å². The van der Waals surface area contributed by atoms with Crippen LogP contribution in [0.2, 0.25) is 0 Å². The maximum Gasteiger partial charge on any atom is 0.534 e. The number of hydrogen-bond acceptors (Lipinski definition) is 9. The Morgan fingerprint density at radius 1 is 0.960 bits per heavy atom. The van der Waals surface area contributed by atoms with Gasteiger partial charge in [-0.2, -0.15) is 0 Å². The Morgan fingerprint density at radius 2 is 1.48 bits per heavy atom. The third kappa shape index (κ3) is 9.47. The zero-order valence-corrected chi connectivity index (χ0v) is 13.6. The van der Waals surface area contributed by atoms with Crippen molar-refractivity contribution in [2.75, 3.05) is 52.8 Å². The molecular formula is C13H20N4O8. The lowest BCUT2D eigenvalue weighted by atomic mass is 10.4. The van der Waals surface area contributed by atoms with E-state index in [4.69, 9.17) is 19.7 Å². The zero-order valence-electron chi connectivity index (χ0n) is 13.6. The van der Waals surface area contributed by atoms with Gasteiger partial charge in [0.25, 0.3) is 11.8 Å². The number of ether oxygens (including phenoxy) is 4. The van der Waals surface area contributed by atoms with Crippen molar-refractivity contribution in [3.05, 3.63) is 10.4 Å². The van der Waals surface area contributed by atoms with E-state index in [2.05, 4.69) is 19.6 Å². The van der Waals surface area contributed by atoms with Crippen LogP contribution in [0.1, 0.15) is 12.8 Å². The second-order valence-electron chi connectivity index (χ2n) is 4.56. The number of amides is 2. The first kappa shape index (κ1) is 20.6. The van der Waals surface area contributed by atoms with E-state index in [-0.39, 0.29) is 32.6 Å². The third-order valence-electron chi connectivity index (χ3n) is 2.76. The maximum atomic E-state index is 11.3. The van der Waals surface area contributed by atoms with Crippen LogP contribution in [0, 0.1) is 0 Å². The summed E-state index contributed by atoms with van der Waals surface area (Å²) < 4.78 is 20.2. The summed E-state index contributed by atoms with van der Waals surface area (Å²) in [6.45, 7) is 2.03. The topological polar surface area (TPSA) is 149 Å². The van der Waals surface area contributed by atoms with Gasteiger partial charge < -0.3 is 18.9 Å². The fourth-order valence-electron chi connectivity index (χ4n) is 1.63. The lowest BCUT2D eigenvalue weighted by Crippen LogP contribution is -2.32. The SMILES string of the molecule is [N-]=[N+]=NCCOCCOCCOCCOC(=O)ON1C(=O)CCC1=O. The van der Waals surface area contributed by atoms with Gasteiger partial charge in [0.05, 0.1) is 39.6 Å². The number of hydrogen-bond donors (Lipinski definition) is 0. The molecule has 0 bridgehead atoms. The Labute approximate surface area is 143 Å². The number of rotatable bonds is 13. The molecule has 0 aliphatic carbocycles. The van der Waals surface area contributed by atoms with Crippen molar-refractivity contribution in [2.45, 2.75) is 12.8 Å². The number of carbonyl (C=O) groups is 3. The fourth-order valence-corrected chi connectivity index (χ4v) is 1.63. The Morgan fingerprint density at radius 3 is 2.04 bits per heavy atom. The van der Waals surface area contributed by atoms with Crippen LogP contribution < -0.4 is 0 Å². The van der Waals surface area contributed by atoms with E-state index < -0.39 is 18.0 Å². The number of imide groups is 1. The number of nitrogens with zero attached hydrogens (tertiary/aromatic N) is 4. The van der Waals surface area contributed by atoms with E-state index in [0.717, 1.165) is 0 Å². The molecule has 0 N–H and O–H groups in total. The number of hydroxylamine groups is 2. The van der Waals surface area contributed by atoms with Crippen LogP contribution in [-0.4, -0.2) is 75.8 Å². The van der Waals surface area contributed by atoms with Gasteiger partial charge in [0.15, 0.2) is 0 Å². The van der Waals surface area contributed by atoms with Crippen LogP contribution in [0.15, 0.2) is 5.11 Å². The van der Waals surface area contributed by atoms with Crippen molar-refractivity contribution >= 4 is 18.0 Å². The van der Waals surface area contributed by atoms with E-state index in [1.54, 1.807) is 0 Å². The minimum Gasteiger partial charge on any atom is -0.430 e. The second kappa shape index (κ2) is 13.0. The van der Waals surface area contributed by atoms with Gasteiger partial charge in [-0.15, -0.1) is 0 Å². The van der Waals surface area contributed by atoms with Gasteiger partial charge in [0.2, 0.25) is 0 Å². The molecule has 1 aliphatic heterocycles. The van der Waals surface area contributed by atoms with Gasteiger partial charge in [-0.1, -0.05) is 10.2 Å². The molecule has 1 rings (SSSR count). The van der Waals surface area contributed by atoms with E-state index in [1.165, 1.54) is 0 Å². The van der Waals surface area contributed by atoms with Crippen LogP contribution in [0.25, 0.3) is 10.4 Å². The minimum atomic E-state index is -1.14. The van der Waals surface area contributed by atoms with E-state index in [9.17, 15) is 14.4 Å². The molecule has 0 aromatic carbocycles. The molecule has 140 valence electrons. The van der Waals surface area contributed by atoms with Crippen molar-refractivity contribution in [3.63, 3.8) is 0 Å². The molecule has 0 aromatic rings. The lowest BCUT2D eigenvalue weighted by molar-refractivity contribution is -0.177. The predicted molar refractivity (Wildman–Crippen MR) is 80.0 cm³/mol. The largest absolute Gasteiger partial charge is 0.534 e. The van der Waals surface area contributed by atoms with Gasteiger partial charge in [0.1, 0.15) is 6.61 Å². The first-order chi connectivity index (χ1) is 12.1. The molecule has 12 nitrogen and oxygen atoms in total.